The first-order valence-electron chi connectivity index (χ1n) is 7.54. The smallest absolute Gasteiger partial charge is 0.0645 e. The molecule has 3 heteroatoms. The molecule has 1 saturated carbocycles. The Morgan fingerprint density at radius 2 is 2.10 bits per heavy atom. The number of hydrogen-bond donors (Lipinski definition) is 1. The molecule has 0 saturated heterocycles. The number of nitrogens with zero attached hydrogens (tertiary/aromatic N) is 2. The van der Waals surface area contributed by atoms with Crippen LogP contribution in [-0.2, 0) is 0 Å². The van der Waals surface area contributed by atoms with Crippen molar-refractivity contribution in [3.63, 3.8) is 0 Å². The van der Waals surface area contributed by atoms with Crippen molar-refractivity contribution in [1.82, 2.24) is 15.1 Å². The molecule has 1 aromatic heterocycles. The Labute approximate surface area is 121 Å². The third-order valence-electron chi connectivity index (χ3n) is 3.93. The summed E-state index contributed by atoms with van der Waals surface area (Å²) in [6.45, 7) is 6.76. The summed E-state index contributed by atoms with van der Waals surface area (Å²) in [5, 5.41) is 8.04. The molecule has 0 bridgehead atoms. The van der Waals surface area contributed by atoms with Crippen LogP contribution in [0.1, 0.15) is 31.7 Å². The molecule has 2 unspecified atom stereocenters. The highest BCUT2D eigenvalue weighted by Crippen LogP contribution is 2.46. The molecular weight excluding hydrogens is 246 g/mol. The first-order chi connectivity index (χ1) is 9.74. The first kappa shape index (κ1) is 13.4. The van der Waals surface area contributed by atoms with Crippen LogP contribution in [0, 0.1) is 11.8 Å². The minimum absolute atomic E-state index is 0.701. The zero-order valence-electron chi connectivity index (χ0n) is 12.3. The van der Waals surface area contributed by atoms with Gasteiger partial charge in [0.25, 0.3) is 0 Å². The molecule has 20 heavy (non-hydrogen) atoms. The van der Waals surface area contributed by atoms with Crippen LogP contribution in [0.5, 0.6) is 0 Å². The van der Waals surface area contributed by atoms with Crippen LogP contribution in [0.25, 0.3) is 5.69 Å². The highest BCUT2D eigenvalue weighted by Gasteiger charge is 2.38. The first-order valence-corrected chi connectivity index (χ1v) is 7.54. The molecule has 1 aromatic carbocycles. The van der Waals surface area contributed by atoms with Gasteiger partial charge in [0.1, 0.15) is 0 Å². The van der Waals surface area contributed by atoms with Crippen molar-refractivity contribution >= 4 is 0 Å². The number of benzene rings is 1. The van der Waals surface area contributed by atoms with Crippen molar-refractivity contribution in [2.75, 3.05) is 13.1 Å². The highest BCUT2D eigenvalue weighted by molar-refractivity contribution is 5.32. The molecular formula is C17H23N3. The molecule has 0 spiro atoms. The van der Waals surface area contributed by atoms with E-state index < -0.39 is 0 Å². The Morgan fingerprint density at radius 1 is 1.30 bits per heavy atom. The Kier molecular flexibility index (Phi) is 3.88. The van der Waals surface area contributed by atoms with E-state index in [0.29, 0.717) is 5.92 Å². The van der Waals surface area contributed by atoms with Crippen molar-refractivity contribution in [2.24, 2.45) is 11.8 Å². The molecule has 0 radical (unpaired) electrons. The molecule has 1 fully saturated rings. The average Bonchev–Trinajstić information content (AvgIpc) is 3.05. The Bertz CT molecular complexity index is 544. The van der Waals surface area contributed by atoms with E-state index in [0.717, 1.165) is 30.6 Å². The van der Waals surface area contributed by atoms with Crippen LogP contribution in [0.3, 0.4) is 0 Å². The van der Waals surface area contributed by atoms with E-state index in [1.165, 1.54) is 12.0 Å². The van der Waals surface area contributed by atoms with E-state index in [-0.39, 0.29) is 0 Å². The number of nitrogens with one attached hydrogen (secondary N) is 1. The minimum atomic E-state index is 0.701. The van der Waals surface area contributed by atoms with Gasteiger partial charge in [-0.15, -0.1) is 0 Å². The van der Waals surface area contributed by atoms with Crippen molar-refractivity contribution in [3.05, 3.63) is 48.3 Å². The third-order valence-corrected chi connectivity index (χ3v) is 3.93. The average molecular weight is 269 g/mol. The van der Waals surface area contributed by atoms with Crippen molar-refractivity contribution < 1.29 is 0 Å². The molecule has 1 aliphatic carbocycles. The molecule has 3 nitrogen and oxygen atoms in total. The fourth-order valence-corrected chi connectivity index (χ4v) is 2.69. The molecule has 0 amide bonds. The second kappa shape index (κ2) is 5.80. The Morgan fingerprint density at radius 3 is 2.85 bits per heavy atom. The Hall–Kier alpha value is -1.61. The van der Waals surface area contributed by atoms with Gasteiger partial charge in [0.2, 0.25) is 0 Å². The maximum Gasteiger partial charge on any atom is 0.0645 e. The second-order valence-electron chi connectivity index (χ2n) is 6.21. The lowest BCUT2D eigenvalue weighted by atomic mass is 10.2. The Balaban J connectivity index is 1.57. The zero-order chi connectivity index (χ0) is 13.9. The number of aromatic nitrogens is 2. The van der Waals surface area contributed by atoms with E-state index in [9.17, 15) is 0 Å². The van der Waals surface area contributed by atoms with E-state index in [1.807, 2.05) is 29.1 Å². The standard InChI is InChI=1S/C17H23N3/c1-13(2)9-18-10-14-8-17(14)15-11-19-20(12-15)16-6-4-3-5-7-16/h3-7,11-14,17-18H,8-10H2,1-2H3. The van der Waals surface area contributed by atoms with Crippen LogP contribution < -0.4 is 5.32 Å². The summed E-state index contributed by atoms with van der Waals surface area (Å²) in [6.07, 6.45) is 5.51. The lowest BCUT2D eigenvalue weighted by molar-refractivity contribution is 0.532. The summed E-state index contributed by atoms with van der Waals surface area (Å²) < 4.78 is 1.98. The largest absolute Gasteiger partial charge is 0.316 e. The van der Waals surface area contributed by atoms with Gasteiger partial charge in [0, 0.05) is 6.20 Å². The summed E-state index contributed by atoms with van der Waals surface area (Å²) in [6, 6.07) is 10.3. The summed E-state index contributed by atoms with van der Waals surface area (Å²) >= 11 is 0. The van der Waals surface area contributed by atoms with Gasteiger partial charge in [-0.05, 0) is 55.0 Å². The van der Waals surface area contributed by atoms with Crippen molar-refractivity contribution in [3.8, 4) is 5.69 Å². The predicted molar refractivity (Wildman–Crippen MR) is 82.1 cm³/mol. The van der Waals surface area contributed by atoms with Crippen LogP contribution in [0.2, 0.25) is 0 Å². The highest BCUT2D eigenvalue weighted by atomic mass is 15.3. The molecule has 2 aromatic rings. The molecule has 2 atom stereocenters. The molecule has 106 valence electrons. The zero-order valence-corrected chi connectivity index (χ0v) is 12.3. The van der Waals surface area contributed by atoms with E-state index >= 15 is 0 Å². The lowest BCUT2D eigenvalue weighted by Crippen LogP contribution is -2.22. The quantitative estimate of drug-likeness (QED) is 0.872. The minimum Gasteiger partial charge on any atom is -0.316 e. The SMILES string of the molecule is CC(C)CNCC1CC1c1cnn(-c2ccccc2)c1. The van der Waals surface area contributed by atoms with Gasteiger partial charge in [0.05, 0.1) is 11.9 Å². The van der Waals surface area contributed by atoms with Gasteiger partial charge >= 0.3 is 0 Å². The van der Waals surface area contributed by atoms with E-state index in [1.54, 1.807) is 0 Å². The second-order valence-corrected chi connectivity index (χ2v) is 6.21. The molecule has 1 N–H and O–H groups in total. The number of rotatable bonds is 6. The normalized spacial score (nSPS) is 21.4. The van der Waals surface area contributed by atoms with Gasteiger partial charge in [-0.1, -0.05) is 32.0 Å². The van der Waals surface area contributed by atoms with Crippen LogP contribution >= 0.6 is 0 Å². The van der Waals surface area contributed by atoms with E-state index in [2.05, 4.69) is 42.6 Å². The molecule has 1 heterocycles. The van der Waals surface area contributed by atoms with Gasteiger partial charge in [-0.3, -0.25) is 0 Å². The fourth-order valence-electron chi connectivity index (χ4n) is 2.69. The van der Waals surface area contributed by atoms with Gasteiger partial charge in [-0.2, -0.15) is 5.10 Å². The maximum absolute atomic E-state index is 4.49. The number of para-hydroxylation sites is 1. The topological polar surface area (TPSA) is 29.9 Å². The molecule has 1 aliphatic rings. The maximum atomic E-state index is 4.49. The van der Waals surface area contributed by atoms with E-state index in [4.69, 9.17) is 0 Å². The van der Waals surface area contributed by atoms with Crippen LogP contribution in [0.15, 0.2) is 42.7 Å². The fraction of sp³-hybridized carbons (Fsp3) is 0.471. The summed E-state index contributed by atoms with van der Waals surface area (Å²) in [7, 11) is 0. The van der Waals surface area contributed by atoms with Crippen molar-refractivity contribution in [1.29, 1.82) is 0 Å². The predicted octanol–water partition coefficient (Wildman–Crippen LogP) is 3.22. The lowest BCUT2D eigenvalue weighted by Gasteiger charge is -2.06. The monoisotopic (exact) mass is 269 g/mol. The van der Waals surface area contributed by atoms with Gasteiger partial charge < -0.3 is 5.32 Å². The molecule has 3 rings (SSSR count). The summed E-state index contributed by atoms with van der Waals surface area (Å²) in [5.74, 6) is 2.22. The summed E-state index contributed by atoms with van der Waals surface area (Å²) in [5.41, 5.74) is 2.51. The van der Waals surface area contributed by atoms with Gasteiger partial charge in [0.15, 0.2) is 0 Å². The van der Waals surface area contributed by atoms with Crippen LogP contribution in [0.4, 0.5) is 0 Å². The van der Waals surface area contributed by atoms with Crippen LogP contribution in [-0.4, -0.2) is 22.9 Å². The summed E-state index contributed by atoms with van der Waals surface area (Å²) in [4.78, 5) is 0. The molecule has 0 aliphatic heterocycles. The van der Waals surface area contributed by atoms with Gasteiger partial charge in [-0.25, -0.2) is 4.68 Å². The third kappa shape index (κ3) is 3.10. The number of hydrogen-bond acceptors (Lipinski definition) is 2. The van der Waals surface area contributed by atoms with Crippen molar-refractivity contribution in [2.45, 2.75) is 26.2 Å².